The summed E-state index contributed by atoms with van der Waals surface area (Å²) in [7, 11) is 2.95. The fourth-order valence-corrected chi connectivity index (χ4v) is 2.40. The first kappa shape index (κ1) is 18.9. The zero-order valence-corrected chi connectivity index (χ0v) is 14.9. The van der Waals surface area contributed by atoms with Crippen molar-refractivity contribution in [2.45, 2.75) is 19.4 Å². The van der Waals surface area contributed by atoms with Gasteiger partial charge in [-0.3, -0.25) is 4.79 Å². The molecule has 1 atom stereocenters. The molecule has 134 valence electrons. The van der Waals surface area contributed by atoms with Gasteiger partial charge in [-0.05, 0) is 30.7 Å². The minimum absolute atomic E-state index is 0.366. The van der Waals surface area contributed by atoms with Gasteiger partial charge in [0.15, 0.2) is 6.10 Å². The lowest BCUT2D eigenvalue weighted by molar-refractivity contribution is -0.122. The van der Waals surface area contributed by atoms with Gasteiger partial charge < -0.3 is 19.5 Å². The number of amides is 1. The summed E-state index contributed by atoms with van der Waals surface area (Å²) in [4.78, 5) is 12.5. The maximum atomic E-state index is 13.0. The van der Waals surface area contributed by atoms with Crippen LogP contribution >= 0.6 is 11.6 Å². The molecule has 0 aliphatic rings. The van der Waals surface area contributed by atoms with E-state index in [1.165, 1.54) is 38.5 Å². The van der Waals surface area contributed by atoms with E-state index in [-0.39, 0.29) is 11.7 Å². The Bertz CT molecular complexity index is 737. The van der Waals surface area contributed by atoms with Crippen LogP contribution in [0.25, 0.3) is 0 Å². The molecule has 0 saturated heterocycles. The zero-order chi connectivity index (χ0) is 18.4. The van der Waals surface area contributed by atoms with Gasteiger partial charge in [0.25, 0.3) is 5.91 Å². The number of nitrogens with one attached hydrogen (secondary N) is 1. The second kappa shape index (κ2) is 8.58. The van der Waals surface area contributed by atoms with Gasteiger partial charge in [-0.1, -0.05) is 18.5 Å². The molecule has 0 spiro atoms. The topological polar surface area (TPSA) is 56.8 Å². The number of benzene rings is 2. The van der Waals surface area contributed by atoms with Crippen LogP contribution in [-0.2, 0) is 4.79 Å². The molecule has 0 bridgehead atoms. The maximum Gasteiger partial charge on any atom is 0.265 e. The molecule has 0 fully saturated rings. The molecule has 1 N–H and O–H groups in total. The van der Waals surface area contributed by atoms with Gasteiger partial charge in [-0.25, -0.2) is 4.39 Å². The van der Waals surface area contributed by atoms with Crippen molar-refractivity contribution in [3.8, 4) is 17.2 Å². The molecule has 0 heterocycles. The monoisotopic (exact) mass is 367 g/mol. The summed E-state index contributed by atoms with van der Waals surface area (Å²) >= 11 is 6.05. The molecule has 0 radical (unpaired) electrons. The Kier molecular flexibility index (Phi) is 6.47. The Labute approximate surface area is 150 Å². The van der Waals surface area contributed by atoms with E-state index in [0.29, 0.717) is 34.4 Å². The smallest absolute Gasteiger partial charge is 0.265 e. The van der Waals surface area contributed by atoms with E-state index in [9.17, 15) is 9.18 Å². The van der Waals surface area contributed by atoms with Crippen molar-refractivity contribution in [2.75, 3.05) is 19.5 Å². The average Bonchev–Trinajstić information content (AvgIpc) is 2.62. The normalized spacial score (nSPS) is 11.6. The summed E-state index contributed by atoms with van der Waals surface area (Å²) < 4.78 is 29.0. The molecule has 25 heavy (non-hydrogen) atoms. The summed E-state index contributed by atoms with van der Waals surface area (Å²) in [5.41, 5.74) is 0.412. The molecule has 0 unspecified atom stereocenters. The number of halogens is 2. The lowest BCUT2D eigenvalue weighted by atomic mass is 10.2. The minimum atomic E-state index is -0.753. The van der Waals surface area contributed by atoms with Crippen LogP contribution in [0.15, 0.2) is 36.4 Å². The predicted molar refractivity (Wildman–Crippen MR) is 94.3 cm³/mol. The highest BCUT2D eigenvalue weighted by Crippen LogP contribution is 2.36. The lowest BCUT2D eigenvalue weighted by Crippen LogP contribution is -2.32. The summed E-state index contributed by atoms with van der Waals surface area (Å²) in [6.45, 7) is 1.81. The SMILES string of the molecule is CC[C@H](Oc1ccc(F)cc1)C(=O)Nc1cc(OC)c(Cl)cc1OC. The Morgan fingerprint density at radius 1 is 1.16 bits per heavy atom. The second-order valence-corrected chi connectivity index (χ2v) is 5.55. The van der Waals surface area contributed by atoms with Gasteiger partial charge in [0.05, 0.1) is 24.9 Å². The van der Waals surface area contributed by atoms with E-state index in [4.69, 9.17) is 25.8 Å². The minimum Gasteiger partial charge on any atom is -0.495 e. The fraction of sp³-hybridized carbons (Fsp3) is 0.278. The maximum absolute atomic E-state index is 13.0. The van der Waals surface area contributed by atoms with Crippen molar-refractivity contribution in [2.24, 2.45) is 0 Å². The van der Waals surface area contributed by atoms with Crippen molar-refractivity contribution >= 4 is 23.2 Å². The number of hydrogen-bond donors (Lipinski definition) is 1. The average molecular weight is 368 g/mol. The van der Waals surface area contributed by atoms with Crippen LogP contribution in [0, 0.1) is 5.82 Å². The summed E-state index contributed by atoms with van der Waals surface area (Å²) in [6, 6.07) is 8.61. The molecular formula is C18H19ClFNO4. The largest absolute Gasteiger partial charge is 0.495 e. The van der Waals surface area contributed by atoms with Crippen molar-refractivity contribution in [3.63, 3.8) is 0 Å². The number of rotatable bonds is 7. The van der Waals surface area contributed by atoms with Crippen LogP contribution in [0.2, 0.25) is 5.02 Å². The number of anilines is 1. The van der Waals surface area contributed by atoms with Gasteiger partial charge in [0.1, 0.15) is 23.1 Å². The summed E-state index contributed by atoms with van der Waals surface area (Å²) in [5.74, 6) is 0.474. The third kappa shape index (κ3) is 4.76. The highest BCUT2D eigenvalue weighted by molar-refractivity contribution is 6.32. The first-order valence-corrected chi connectivity index (χ1v) is 8.00. The van der Waals surface area contributed by atoms with E-state index in [0.717, 1.165) is 0 Å². The quantitative estimate of drug-likeness (QED) is 0.793. The number of carbonyl (C=O) groups is 1. The number of ether oxygens (including phenoxy) is 3. The van der Waals surface area contributed by atoms with E-state index in [1.807, 2.05) is 6.92 Å². The molecule has 0 aliphatic carbocycles. The first-order chi connectivity index (χ1) is 12.0. The Morgan fingerprint density at radius 2 is 1.80 bits per heavy atom. The molecule has 1 amide bonds. The fourth-order valence-electron chi connectivity index (χ4n) is 2.17. The highest BCUT2D eigenvalue weighted by Gasteiger charge is 2.21. The molecule has 0 aliphatic heterocycles. The van der Waals surface area contributed by atoms with Crippen LogP contribution < -0.4 is 19.5 Å². The van der Waals surface area contributed by atoms with E-state index in [2.05, 4.69) is 5.32 Å². The van der Waals surface area contributed by atoms with Gasteiger partial charge in [0, 0.05) is 12.1 Å². The standard InChI is InChI=1S/C18H19ClFNO4/c1-4-15(25-12-7-5-11(20)6-8-12)18(22)21-14-10-16(23-2)13(19)9-17(14)24-3/h5-10,15H,4H2,1-3H3,(H,21,22)/t15-/m0/s1. The highest BCUT2D eigenvalue weighted by atomic mass is 35.5. The van der Waals surface area contributed by atoms with Gasteiger partial charge in [-0.15, -0.1) is 0 Å². The van der Waals surface area contributed by atoms with Gasteiger partial charge >= 0.3 is 0 Å². The molecule has 5 nitrogen and oxygen atoms in total. The molecule has 7 heteroatoms. The Morgan fingerprint density at radius 3 is 2.36 bits per heavy atom. The van der Waals surface area contributed by atoms with E-state index < -0.39 is 6.10 Å². The molecule has 0 aromatic heterocycles. The van der Waals surface area contributed by atoms with Crippen LogP contribution in [0.3, 0.4) is 0 Å². The third-order valence-electron chi connectivity index (χ3n) is 3.49. The van der Waals surface area contributed by atoms with Crippen LogP contribution in [0.5, 0.6) is 17.2 Å². The molecule has 2 aromatic rings. The van der Waals surface area contributed by atoms with Crippen LogP contribution in [0.4, 0.5) is 10.1 Å². The van der Waals surface area contributed by atoms with Crippen molar-refractivity contribution in [1.82, 2.24) is 0 Å². The number of hydrogen-bond acceptors (Lipinski definition) is 4. The summed E-state index contributed by atoms with van der Waals surface area (Å²) in [6.07, 6.45) is -0.326. The summed E-state index contributed by atoms with van der Waals surface area (Å²) in [5, 5.41) is 3.11. The van der Waals surface area contributed by atoms with Gasteiger partial charge in [-0.2, -0.15) is 0 Å². The van der Waals surface area contributed by atoms with E-state index >= 15 is 0 Å². The zero-order valence-electron chi connectivity index (χ0n) is 14.1. The molecule has 2 rings (SSSR count). The number of carbonyl (C=O) groups excluding carboxylic acids is 1. The van der Waals surface area contributed by atoms with E-state index in [1.54, 1.807) is 12.1 Å². The Balaban J connectivity index is 2.17. The van der Waals surface area contributed by atoms with Gasteiger partial charge in [0.2, 0.25) is 0 Å². The third-order valence-corrected chi connectivity index (χ3v) is 3.78. The molecule has 0 saturated carbocycles. The predicted octanol–water partition coefficient (Wildman–Crippen LogP) is 4.29. The molecule has 2 aromatic carbocycles. The lowest BCUT2D eigenvalue weighted by Gasteiger charge is -2.19. The Hall–Kier alpha value is -2.47. The van der Waals surface area contributed by atoms with Crippen molar-refractivity contribution in [3.05, 3.63) is 47.2 Å². The van der Waals surface area contributed by atoms with Crippen LogP contribution in [0.1, 0.15) is 13.3 Å². The molecular weight excluding hydrogens is 349 g/mol. The first-order valence-electron chi connectivity index (χ1n) is 7.63. The van der Waals surface area contributed by atoms with Crippen molar-refractivity contribution < 1.29 is 23.4 Å². The second-order valence-electron chi connectivity index (χ2n) is 5.14. The van der Waals surface area contributed by atoms with Crippen molar-refractivity contribution in [1.29, 1.82) is 0 Å². The van der Waals surface area contributed by atoms with Crippen LogP contribution in [-0.4, -0.2) is 26.2 Å². The number of methoxy groups -OCH3 is 2.